The maximum Gasteiger partial charge on any atom is 0.308 e. The number of hydrogen-bond donors (Lipinski definition) is 1. The van der Waals surface area contributed by atoms with Gasteiger partial charge in [0, 0.05) is 26.3 Å². The van der Waals surface area contributed by atoms with Crippen molar-refractivity contribution in [1.29, 1.82) is 0 Å². The van der Waals surface area contributed by atoms with Gasteiger partial charge in [0.15, 0.2) is 0 Å². The molecule has 0 aliphatic carbocycles. The molecule has 0 aliphatic heterocycles. The molecule has 0 aliphatic rings. The van der Waals surface area contributed by atoms with Gasteiger partial charge in [0.25, 0.3) is 5.91 Å². The summed E-state index contributed by atoms with van der Waals surface area (Å²) in [5.74, 6) is -1.54. The topological polar surface area (TPSA) is 66.8 Å². The fourth-order valence-corrected chi connectivity index (χ4v) is 3.09. The Morgan fingerprint density at radius 2 is 2.14 bits per heavy atom. The van der Waals surface area contributed by atoms with E-state index in [1.807, 2.05) is 25.3 Å². The molecule has 1 amide bonds. The third-order valence-corrected chi connectivity index (χ3v) is 4.39. The summed E-state index contributed by atoms with van der Waals surface area (Å²) in [5.41, 5.74) is 1.02. The minimum Gasteiger partial charge on any atom is -0.481 e. The molecule has 22 heavy (non-hydrogen) atoms. The molecule has 1 rings (SSSR count). The molecule has 0 fully saturated rings. The van der Waals surface area contributed by atoms with Gasteiger partial charge in [-0.3, -0.25) is 9.59 Å². The molecule has 1 aromatic heterocycles. The van der Waals surface area contributed by atoms with Gasteiger partial charge in [-0.2, -0.15) is 0 Å². The van der Waals surface area contributed by atoms with Crippen molar-refractivity contribution in [3.63, 3.8) is 0 Å². The zero-order chi connectivity index (χ0) is 16.5. The first-order valence-corrected chi connectivity index (χ1v) is 8.55. The summed E-state index contributed by atoms with van der Waals surface area (Å²) in [6, 6.07) is 1.96. The molecule has 124 valence electrons. The molecule has 1 unspecified atom stereocenters. The van der Waals surface area contributed by atoms with Gasteiger partial charge in [-0.1, -0.05) is 13.8 Å². The third-order valence-electron chi connectivity index (χ3n) is 3.45. The van der Waals surface area contributed by atoms with Gasteiger partial charge in [0.05, 0.1) is 10.8 Å². The molecule has 1 N–H and O–H groups in total. The van der Waals surface area contributed by atoms with Crippen molar-refractivity contribution < 1.29 is 19.4 Å². The predicted octanol–water partition coefficient (Wildman–Crippen LogP) is 2.90. The van der Waals surface area contributed by atoms with Crippen LogP contribution in [0.25, 0.3) is 0 Å². The average Bonchev–Trinajstić information content (AvgIpc) is 2.97. The lowest BCUT2D eigenvalue weighted by Gasteiger charge is -2.24. The number of rotatable bonds is 10. The number of carbonyl (C=O) groups excluding carboxylic acids is 1. The monoisotopic (exact) mass is 327 g/mol. The van der Waals surface area contributed by atoms with Crippen LogP contribution in [0.1, 0.15) is 42.4 Å². The molecule has 6 heteroatoms. The van der Waals surface area contributed by atoms with E-state index in [1.54, 1.807) is 11.8 Å². The third kappa shape index (κ3) is 5.42. The Morgan fingerprint density at radius 1 is 1.41 bits per heavy atom. The van der Waals surface area contributed by atoms with E-state index >= 15 is 0 Å². The Balaban J connectivity index is 2.78. The fraction of sp³-hybridized carbons (Fsp3) is 0.625. The highest BCUT2D eigenvalue weighted by Crippen LogP contribution is 2.20. The van der Waals surface area contributed by atoms with Crippen molar-refractivity contribution in [3.05, 3.63) is 21.9 Å². The average molecular weight is 327 g/mol. The zero-order valence-corrected chi connectivity index (χ0v) is 14.3. The minimum absolute atomic E-state index is 0.0727. The predicted molar refractivity (Wildman–Crippen MR) is 87.5 cm³/mol. The van der Waals surface area contributed by atoms with Crippen LogP contribution < -0.4 is 0 Å². The minimum atomic E-state index is -0.885. The molecule has 0 spiro atoms. The van der Waals surface area contributed by atoms with Crippen molar-refractivity contribution in [2.45, 2.75) is 33.6 Å². The number of carboxylic acids is 1. The lowest BCUT2D eigenvalue weighted by Crippen LogP contribution is -2.38. The van der Waals surface area contributed by atoms with Gasteiger partial charge in [0.1, 0.15) is 0 Å². The summed E-state index contributed by atoms with van der Waals surface area (Å²) in [4.78, 5) is 26.2. The van der Waals surface area contributed by atoms with E-state index in [0.717, 1.165) is 16.9 Å². The first-order valence-electron chi connectivity index (χ1n) is 7.67. The summed E-state index contributed by atoms with van der Waals surface area (Å²) >= 11 is 1.42. The second-order valence-electron chi connectivity index (χ2n) is 5.17. The van der Waals surface area contributed by atoms with Crippen LogP contribution in [-0.2, 0) is 16.0 Å². The molecule has 0 bridgehead atoms. The molecule has 0 saturated heterocycles. The number of thiophene rings is 1. The molecule has 1 heterocycles. The second kappa shape index (κ2) is 9.58. The van der Waals surface area contributed by atoms with Crippen LogP contribution in [0.15, 0.2) is 11.4 Å². The summed E-state index contributed by atoms with van der Waals surface area (Å²) in [6.07, 6.45) is 1.50. The SMILES string of the molecule is CCOCCCN(CC(C)C(=O)O)C(=O)c1sccc1CC. The van der Waals surface area contributed by atoms with Crippen molar-refractivity contribution in [1.82, 2.24) is 4.90 Å². The molecular formula is C16H25NO4S. The number of amides is 1. The molecule has 1 aromatic rings. The Labute approximate surface area is 135 Å². The Bertz CT molecular complexity index is 486. The van der Waals surface area contributed by atoms with E-state index in [-0.39, 0.29) is 12.5 Å². The lowest BCUT2D eigenvalue weighted by atomic mass is 10.1. The van der Waals surface area contributed by atoms with Crippen molar-refractivity contribution in [2.75, 3.05) is 26.3 Å². The summed E-state index contributed by atoms with van der Waals surface area (Å²) in [5, 5.41) is 11.0. The highest BCUT2D eigenvalue weighted by Gasteiger charge is 2.23. The van der Waals surface area contributed by atoms with E-state index < -0.39 is 11.9 Å². The number of aliphatic carboxylic acids is 1. The quantitative estimate of drug-likeness (QED) is 0.671. The molecule has 0 aromatic carbocycles. The van der Waals surface area contributed by atoms with Crippen molar-refractivity contribution >= 4 is 23.2 Å². The van der Waals surface area contributed by atoms with E-state index in [9.17, 15) is 9.59 Å². The van der Waals surface area contributed by atoms with E-state index in [2.05, 4.69) is 0 Å². The van der Waals surface area contributed by atoms with Gasteiger partial charge < -0.3 is 14.7 Å². The standard InChI is InChI=1S/C16H25NO4S/c1-4-13-7-10-22-14(13)15(18)17(8-6-9-21-5-2)11-12(3)16(19)20/h7,10,12H,4-6,8-9,11H2,1-3H3,(H,19,20). The smallest absolute Gasteiger partial charge is 0.308 e. The number of aryl methyl sites for hydroxylation is 1. The maximum absolute atomic E-state index is 12.7. The van der Waals surface area contributed by atoms with E-state index in [4.69, 9.17) is 9.84 Å². The molecule has 0 saturated carbocycles. The van der Waals surface area contributed by atoms with Gasteiger partial charge in [-0.05, 0) is 36.8 Å². The molecule has 5 nitrogen and oxygen atoms in total. The Kier molecular flexibility index (Phi) is 8.12. The van der Waals surface area contributed by atoms with Gasteiger partial charge in [-0.25, -0.2) is 0 Å². The first-order chi connectivity index (χ1) is 10.5. The lowest BCUT2D eigenvalue weighted by molar-refractivity contribution is -0.141. The zero-order valence-electron chi connectivity index (χ0n) is 13.5. The number of ether oxygens (including phenoxy) is 1. The first kappa shape index (κ1) is 18.6. The molecule has 0 radical (unpaired) electrons. The number of nitrogens with zero attached hydrogens (tertiary/aromatic N) is 1. The summed E-state index contributed by atoms with van der Waals surface area (Å²) in [7, 11) is 0. The van der Waals surface area contributed by atoms with Crippen molar-refractivity contribution in [2.24, 2.45) is 5.92 Å². The summed E-state index contributed by atoms with van der Waals surface area (Å²) in [6.45, 7) is 7.52. The van der Waals surface area contributed by atoms with Crippen LogP contribution in [0, 0.1) is 5.92 Å². The number of hydrogen-bond acceptors (Lipinski definition) is 4. The van der Waals surface area contributed by atoms with Crippen LogP contribution in [-0.4, -0.2) is 48.2 Å². The highest BCUT2D eigenvalue weighted by molar-refractivity contribution is 7.12. The van der Waals surface area contributed by atoms with E-state index in [1.165, 1.54) is 11.3 Å². The molecule has 1 atom stereocenters. The highest BCUT2D eigenvalue weighted by atomic mass is 32.1. The van der Waals surface area contributed by atoms with Crippen LogP contribution in [0.5, 0.6) is 0 Å². The number of carbonyl (C=O) groups is 2. The maximum atomic E-state index is 12.7. The van der Waals surface area contributed by atoms with Gasteiger partial charge in [0.2, 0.25) is 0 Å². The second-order valence-corrected chi connectivity index (χ2v) is 6.09. The largest absolute Gasteiger partial charge is 0.481 e. The van der Waals surface area contributed by atoms with Crippen LogP contribution >= 0.6 is 11.3 Å². The molecular weight excluding hydrogens is 302 g/mol. The van der Waals surface area contributed by atoms with Crippen LogP contribution in [0.3, 0.4) is 0 Å². The Hall–Kier alpha value is -1.40. The summed E-state index contributed by atoms with van der Waals surface area (Å²) < 4.78 is 5.30. The van der Waals surface area contributed by atoms with E-state index in [0.29, 0.717) is 26.2 Å². The Morgan fingerprint density at radius 3 is 2.73 bits per heavy atom. The van der Waals surface area contributed by atoms with Crippen LogP contribution in [0.4, 0.5) is 0 Å². The van der Waals surface area contributed by atoms with Gasteiger partial charge >= 0.3 is 5.97 Å². The number of carboxylic acid groups (broad SMARTS) is 1. The normalized spacial score (nSPS) is 12.1. The fourth-order valence-electron chi connectivity index (χ4n) is 2.13. The van der Waals surface area contributed by atoms with Crippen LogP contribution in [0.2, 0.25) is 0 Å². The van der Waals surface area contributed by atoms with Gasteiger partial charge in [-0.15, -0.1) is 11.3 Å². The van der Waals surface area contributed by atoms with Crippen molar-refractivity contribution in [3.8, 4) is 0 Å².